The molecule has 1 saturated carbocycles. The van der Waals surface area contributed by atoms with Gasteiger partial charge in [-0.2, -0.15) is 0 Å². The Morgan fingerprint density at radius 2 is 1.69 bits per heavy atom. The predicted molar refractivity (Wildman–Crippen MR) is 127 cm³/mol. The summed E-state index contributed by atoms with van der Waals surface area (Å²) in [5.41, 5.74) is 5.12. The molecule has 166 valence electrons. The van der Waals surface area contributed by atoms with E-state index < -0.39 is 0 Å². The van der Waals surface area contributed by atoms with Crippen LogP contribution in [-0.4, -0.2) is 25.2 Å². The first-order valence-electron chi connectivity index (χ1n) is 11.2. The second-order valence-electron chi connectivity index (χ2n) is 8.39. The molecule has 1 heterocycles. The van der Waals surface area contributed by atoms with Gasteiger partial charge in [-0.15, -0.1) is 0 Å². The number of benzene rings is 2. The van der Waals surface area contributed by atoms with Crippen LogP contribution in [0.1, 0.15) is 43.6 Å². The number of aromatic nitrogens is 1. The van der Waals surface area contributed by atoms with E-state index in [-0.39, 0.29) is 5.97 Å². The van der Waals surface area contributed by atoms with Crippen LogP contribution in [0.5, 0.6) is 5.75 Å². The molecule has 1 fully saturated rings. The van der Waals surface area contributed by atoms with Crippen molar-refractivity contribution < 1.29 is 14.3 Å². The van der Waals surface area contributed by atoms with Crippen LogP contribution in [-0.2, 0) is 9.53 Å². The molecule has 0 aliphatic heterocycles. The van der Waals surface area contributed by atoms with Crippen molar-refractivity contribution in [3.63, 3.8) is 0 Å². The largest absolute Gasteiger partial charge is 0.494 e. The van der Waals surface area contributed by atoms with Crippen molar-refractivity contribution in [2.45, 2.75) is 38.0 Å². The Balaban J connectivity index is 1.43. The Kier molecular flexibility index (Phi) is 7.05. The fourth-order valence-corrected chi connectivity index (χ4v) is 4.51. The molecule has 4 rings (SSSR count). The molecule has 1 aliphatic carbocycles. The number of carbonyl (C=O) groups excluding carboxylic acids is 1. The number of methoxy groups -OCH3 is 2. The van der Waals surface area contributed by atoms with Gasteiger partial charge in [0.15, 0.2) is 0 Å². The maximum Gasteiger partial charge on any atom is 0.305 e. The molecule has 0 radical (unpaired) electrons. The van der Waals surface area contributed by atoms with E-state index in [1.165, 1.54) is 12.7 Å². The average molecular weight is 431 g/mol. The minimum atomic E-state index is -0.0933. The molecule has 2 aromatic carbocycles. The van der Waals surface area contributed by atoms with Gasteiger partial charge < -0.3 is 14.8 Å². The summed E-state index contributed by atoms with van der Waals surface area (Å²) in [5.74, 6) is 1.64. The number of nitrogens with zero attached hydrogens (tertiary/aromatic N) is 1. The molecule has 0 bridgehead atoms. The van der Waals surface area contributed by atoms with Gasteiger partial charge in [-0.05, 0) is 55.2 Å². The molecule has 5 heteroatoms. The van der Waals surface area contributed by atoms with Crippen molar-refractivity contribution in [3.05, 3.63) is 72.4 Å². The standard InChI is InChI=1S/C27H30N2O3/c1-31-25-17-24(29-23-6-4-3-5-7-23)18-28-27(25)22-14-12-21(13-15-22)20-10-8-19(9-11-20)16-26(30)32-2/h3-7,12-15,17-20,29H,8-11,16H2,1-2H3. The quantitative estimate of drug-likeness (QED) is 0.443. The Bertz CT molecular complexity index is 1030. The molecule has 0 unspecified atom stereocenters. The van der Waals surface area contributed by atoms with E-state index in [2.05, 4.69) is 34.6 Å². The van der Waals surface area contributed by atoms with Crippen LogP contribution in [0, 0.1) is 5.92 Å². The first-order chi connectivity index (χ1) is 15.7. The molecule has 1 aliphatic rings. The molecule has 1 aromatic heterocycles. The van der Waals surface area contributed by atoms with Gasteiger partial charge >= 0.3 is 5.97 Å². The van der Waals surface area contributed by atoms with E-state index in [1.807, 2.05) is 42.6 Å². The zero-order chi connectivity index (χ0) is 22.3. The number of hydrogen-bond acceptors (Lipinski definition) is 5. The molecule has 0 saturated heterocycles. The topological polar surface area (TPSA) is 60.5 Å². The van der Waals surface area contributed by atoms with E-state index in [0.717, 1.165) is 54.1 Å². The molecule has 32 heavy (non-hydrogen) atoms. The number of rotatable bonds is 7. The lowest BCUT2D eigenvalue weighted by Crippen LogP contribution is -2.17. The van der Waals surface area contributed by atoms with Crippen LogP contribution in [0.2, 0.25) is 0 Å². The first-order valence-corrected chi connectivity index (χ1v) is 11.2. The van der Waals surface area contributed by atoms with Crippen molar-refractivity contribution in [1.29, 1.82) is 0 Å². The van der Waals surface area contributed by atoms with E-state index >= 15 is 0 Å². The molecular formula is C27H30N2O3. The molecule has 5 nitrogen and oxygen atoms in total. The van der Waals surface area contributed by atoms with Crippen LogP contribution in [0.4, 0.5) is 11.4 Å². The van der Waals surface area contributed by atoms with Crippen molar-refractivity contribution >= 4 is 17.3 Å². The Labute approximate surface area is 189 Å². The van der Waals surface area contributed by atoms with Crippen LogP contribution in [0.25, 0.3) is 11.3 Å². The van der Waals surface area contributed by atoms with Crippen LogP contribution >= 0.6 is 0 Å². The molecule has 1 N–H and O–H groups in total. The third kappa shape index (κ3) is 5.28. The molecule has 0 atom stereocenters. The smallest absolute Gasteiger partial charge is 0.305 e. The van der Waals surface area contributed by atoms with Gasteiger partial charge in [0, 0.05) is 23.7 Å². The summed E-state index contributed by atoms with van der Waals surface area (Å²) in [4.78, 5) is 16.2. The highest BCUT2D eigenvalue weighted by Crippen LogP contribution is 2.38. The van der Waals surface area contributed by atoms with Crippen molar-refractivity contribution in [2.24, 2.45) is 5.92 Å². The lowest BCUT2D eigenvalue weighted by atomic mass is 9.77. The number of hydrogen-bond donors (Lipinski definition) is 1. The summed E-state index contributed by atoms with van der Waals surface area (Å²) in [7, 11) is 3.14. The lowest BCUT2D eigenvalue weighted by molar-refractivity contribution is -0.142. The molecule has 0 spiro atoms. The van der Waals surface area contributed by atoms with Gasteiger partial charge in [0.2, 0.25) is 0 Å². The third-order valence-electron chi connectivity index (χ3n) is 6.32. The van der Waals surface area contributed by atoms with Crippen LogP contribution in [0.3, 0.4) is 0 Å². The zero-order valence-electron chi connectivity index (χ0n) is 18.7. The summed E-state index contributed by atoms with van der Waals surface area (Å²) >= 11 is 0. The van der Waals surface area contributed by atoms with Gasteiger partial charge in [0.1, 0.15) is 11.4 Å². The van der Waals surface area contributed by atoms with Crippen molar-refractivity contribution in [2.75, 3.05) is 19.5 Å². The minimum absolute atomic E-state index is 0.0933. The lowest BCUT2D eigenvalue weighted by Gasteiger charge is -2.28. The average Bonchev–Trinajstić information content (AvgIpc) is 2.85. The monoisotopic (exact) mass is 430 g/mol. The fourth-order valence-electron chi connectivity index (χ4n) is 4.51. The van der Waals surface area contributed by atoms with Gasteiger partial charge in [-0.25, -0.2) is 0 Å². The highest BCUT2D eigenvalue weighted by molar-refractivity contribution is 5.71. The van der Waals surface area contributed by atoms with E-state index in [9.17, 15) is 4.79 Å². The summed E-state index contributed by atoms with van der Waals surface area (Å²) < 4.78 is 10.5. The summed E-state index contributed by atoms with van der Waals surface area (Å²) in [6.45, 7) is 0. The van der Waals surface area contributed by atoms with Crippen molar-refractivity contribution in [1.82, 2.24) is 4.98 Å². The number of pyridine rings is 1. The second-order valence-corrected chi connectivity index (χ2v) is 8.39. The van der Waals surface area contributed by atoms with Crippen LogP contribution < -0.4 is 10.1 Å². The Morgan fingerprint density at radius 3 is 2.34 bits per heavy atom. The highest BCUT2D eigenvalue weighted by atomic mass is 16.5. The van der Waals surface area contributed by atoms with Crippen LogP contribution in [0.15, 0.2) is 66.9 Å². The van der Waals surface area contributed by atoms with Gasteiger partial charge in [0.25, 0.3) is 0 Å². The molecule has 3 aromatic rings. The summed E-state index contributed by atoms with van der Waals surface area (Å²) in [6, 6.07) is 20.7. The van der Waals surface area contributed by atoms with Gasteiger partial charge in [0.05, 0.1) is 26.1 Å². The SMILES string of the molecule is COC(=O)CC1CCC(c2ccc(-c3ncc(Nc4ccccc4)cc3OC)cc2)CC1. The number of esters is 1. The Hall–Kier alpha value is -3.34. The van der Waals surface area contributed by atoms with Crippen molar-refractivity contribution in [3.8, 4) is 17.0 Å². The maximum atomic E-state index is 11.5. The number of para-hydroxylation sites is 1. The third-order valence-corrected chi connectivity index (χ3v) is 6.32. The van der Waals surface area contributed by atoms with E-state index in [4.69, 9.17) is 9.47 Å². The highest BCUT2D eigenvalue weighted by Gasteiger charge is 2.24. The van der Waals surface area contributed by atoms with Gasteiger partial charge in [-0.1, -0.05) is 42.5 Å². The minimum Gasteiger partial charge on any atom is -0.494 e. The maximum absolute atomic E-state index is 11.5. The molecular weight excluding hydrogens is 400 g/mol. The first kappa shape index (κ1) is 21.9. The van der Waals surface area contributed by atoms with E-state index in [0.29, 0.717) is 18.3 Å². The second kappa shape index (κ2) is 10.3. The number of nitrogens with one attached hydrogen (secondary N) is 1. The Morgan fingerprint density at radius 1 is 0.969 bits per heavy atom. The molecule has 0 amide bonds. The zero-order valence-corrected chi connectivity index (χ0v) is 18.7. The summed E-state index contributed by atoms with van der Waals surface area (Å²) in [5, 5.41) is 3.36. The van der Waals surface area contributed by atoms with E-state index in [1.54, 1.807) is 7.11 Å². The number of carbonyl (C=O) groups is 1. The summed E-state index contributed by atoms with van der Waals surface area (Å²) in [6.07, 6.45) is 6.76. The normalized spacial score (nSPS) is 18.1. The predicted octanol–water partition coefficient (Wildman–Crippen LogP) is 6.34. The fraction of sp³-hybridized carbons (Fsp3) is 0.333. The van der Waals surface area contributed by atoms with Gasteiger partial charge in [-0.3, -0.25) is 9.78 Å². The number of anilines is 2. The number of ether oxygens (including phenoxy) is 2.